The number of nitrogens with zero attached hydrogens (tertiary/aromatic N) is 4. The molecule has 1 amide bonds. The lowest BCUT2D eigenvalue weighted by Gasteiger charge is -2.34. The molecule has 0 bridgehead atoms. The zero-order valence-electron chi connectivity index (χ0n) is 15.7. The number of carbonyl (C=O) groups is 1. The van der Waals surface area contributed by atoms with Crippen LogP contribution < -0.4 is 4.74 Å². The molecule has 0 radical (unpaired) electrons. The third kappa shape index (κ3) is 5.04. The Kier molecular flexibility index (Phi) is 6.28. The molecular formula is C21H20BrClN4O2. The summed E-state index contributed by atoms with van der Waals surface area (Å²) in [6.07, 6.45) is 1.70. The van der Waals surface area contributed by atoms with Gasteiger partial charge >= 0.3 is 0 Å². The summed E-state index contributed by atoms with van der Waals surface area (Å²) < 4.78 is 6.71. The first-order valence-electron chi connectivity index (χ1n) is 9.41. The number of hydrogen-bond donors (Lipinski definition) is 0. The van der Waals surface area contributed by atoms with Crippen LogP contribution in [-0.2, 0) is 0 Å². The second-order valence-corrected chi connectivity index (χ2v) is 8.19. The number of carbonyl (C=O) groups excluding carboxylic acids is 1. The summed E-state index contributed by atoms with van der Waals surface area (Å²) in [5, 5.41) is 1.60. The van der Waals surface area contributed by atoms with Gasteiger partial charge in [0.1, 0.15) is 12.4 Å². The second-order valence-electron chi connectivity index (χ2n) is 6.83. The van der Waals surface area contributed by atoms with E-state index in [1.807, 2.05) is 47.4 Å². The van der Waals surface area contributed by atoms with Crippen LogP contribution in [0.4, 0.5) is 0 Å². The zero-order chi connectivity index (χ0) is 20.2. The standard InChI is InChI=1S/C21H20BrClN4O2/c22-16-1-6-19-15(13-16)14-24-20(25-19)21(28)27-9-7-26(8-10-27)11-12-29-18-4-2-17(23)3-5-18/h1-6,13-14H,7-12H2. The van der Waals surface area contributed by atoms with E-state index < -0.39 is 0 Å². The highest BCUT2D eigenvalue weighted by Gasteiger charge is 2.24. The molecule has 0 saturated carbocycles. The Labute approximate surface area is 182 Å². The Morgan fingerprint density at radius 3 is 2.62 bits per heavy atom. The van der Waals surface area contributed by atoms with Crippen LogP contribution in [0.1, 0.15) is 10.6 Å². The molecule has 29 heavy (non-hydrogen) atoms. The maximum atomic E-state index is 12.8. The third-order valence-electron chi connectivity index (χ3n) is 4.88. The van der Waals surface area contributed by atoms with Crippen molar-refractivity contribution >= 4 is 44.3 Å². The van der Waals surface area contributed by atoms with Crippen molar-refractivity contribution in [3.63, 3.8) is 0 Å². The van der Waals surface area contributed by atoms with Gasteiger partial charge in [-0.25, -0.2) is 9.97 Å². The second kappa shape index (κ2) is 9.07. The molecule has 1 fully saturated rings. The predicted octanol–water partition coefficient (Wildman–Crippen LogP) is 3.88. The van der Waals surface area contributed by atoms with Crippen molar-refractivity contribution in [1.82, 2.24) is 19.8 Å². The molecule has 0 aliphatic carbocycles. The molecule has 4 rings (SSSR count). The number of aromatic nitrogens is 2. The van der Waals surface area contributed by atoms with Crippen LogP contribution in [0.2, 0.25) is 5.02 Å². The van der Waals surface area contributed by atoms with Gasteiger partial charge in [0.25, 0.3) is 5.91 Å². The van der Waals surface area contributed by atoms with Crippen LogP contribution in [0.5, 0.6) is 5.75 Å². The monoisotopic (exact) mass is 474 g/mol. The lowest BCUT2D eigenvalue weighted by atomic mass is 10.2. The fourth-order valence-corrected chi connectivity index (χ4v) is 3.75. The van der Waals surface area contributed by atoms with E-state index in [1.165, 1.54) is 0 Å². The summed E-state index contributed by atoms with van der Waals surface area (Å²) in [5.74, 6) is 0.940. The third-order valence-corrected chi connectivity index (χ3v) is 5.63. The van der Waals surface area contributed by atoms with Gasteiger partial charge in [0.05, 0.1) is 5.52 Å². The maximum Gasteiger partial charge on any atom is 0.291 e. The van der Waals surface area contributed by atoms with Crippen LogP contribution in [-0.4, -0.2) is 65.0 Å². The quantitative estimate of drug-likeness (QED) is 0.560. The molecule has 0 N–H and O–H groups in total. The lowest BCUT2D eigenvalue weighted by Crippen LogP contribution is -2.49. The van der Waals surface area contributed by atoms with Crippen molar-refractivity contribution < 1.29 is 9.53 Å². The van der Waals surface area contributed by atoms with E-state index in [4.69, 9.17) is 16.3 Å². The van der Waals surface area contributed by atoms with E-state index in [2.05, 4.69) is 30.8 Å². The van der Waals surface area contributed by atoms with Crippen molar-refractivity contribution in [2.45, 2.75) is 0 Å². The SMILES string of the molecule is O=C(c1ncc2cc(Br)ccc2n1)N1CCN(CCOc2ccc(Cl)cc2)CC1. The number of fused-ring (bicyclic) bond motifs is 1. The first-order valence-corrected chi connectivity index (χ1v) is 10.6. The lowest BCUT2D eigenvalue weighted by molar-refractivity contribution is 0.0609. The van der Waals surface area contributed by atoms with Crippen molar-refractivity contribution in [2.24, 2.45) is 0 Å². The summed E-state index contributed by atoms with van der Waals surface area (Å²) in [5.41, 5.74) is 0.768. The molecule has 150 valence electrons. The highest BCUT2D eigenvalue weighted by Crippen LogP contribution is 2.18. The number of benzene rings is 2. The average molecular weight is 476 g/mol. The van der Waals surface area contributed by atoms with Gasteiger partial charge in [0.2, 0.25) is 5.82 Å². The van der Waals surface area contributed by atoms with E-state index in [0.717, 1.165) is 40.8 Å². The van der Waals surface area contributed by atoms with Crippen molar-refractivity contribution in [3.05, 3.63) is 64.0 Å². The van der Waals surface area contributed by atoms with Gasteiger partial charge in [-0.2, -0.15) is 0 Å². The fourth-order valence-electron chi connectivity index (χ4n) is 3.25. The van der Waals surface area contributed by atoms with E-state index in [0.29, 0.717) is 24.7 Å². The highest BCUT2D eigenvalue weighted by atomic mass is 79.9. The number of ether oxygens (including phenoxy) is 1. The van der Waals surface area contributed by atoms with E-state index in [9.17, 15) is 4.79 Å². The number of rotatable bonds is 5. The van der Waals surface area contributed by atoms with Gasteiger partial charge in [-0.1, -0.05) is 27.5 Å². The molecule has 2 heterocycles. The molecule has 1 aliphatic heterocycles. The Morgan fingerprint density at radius 1 is 1.10 bits per heavy atom. The normalized spacial score (nSPS) is 14.9. The molecule has 0 unspecified atom stereocenters. The number of piperazine rings is 1. The van der Waals surface area contributed by atoms with Gasteiger partial charge in [-0.05, 0) is 42.5 Å². The van der Waals surface area contributed by atoms with Crippen molar-refractivity contribution in [1.29, 1.82) is 0 Å². The molecule has 0 spiro atoms. The van der Waals surface area contributed by atoms with Gasteiger partial charge in [-0.3, -0.25) is 9.69 Å². The average Bonchev–Trinajstić information content (AvgIpc) is 2.75. The molecule has 1 aliphatic rings. The Hall–Kier alpha value is -2.22. The zero-order valence-corrected chi connectivity index (χ0v) is 18.1. The van der Waals surface area contributed by atoms with E-state index in [1.54, 1.807) is 6.20 Å². The van der Waals surface area contributed by atoms with Crippen LogP contribution in [0, 0.1) is 0 Å². The molecule has 1 aromatic heterocycles. The summed E-state index contributed by atoms with van der Waals surface area (Å²) in [6, 6.07) is 13.1. The Balaban J connectivity index is 1.28. The predicted molar refractivity (Wildman–Crippen MR) is 117 cm³/mol. The molecular weight excluding hydrogens is 456 g/mol. The molecule has 6 nitrogen and oxygen atoms in total. The highest BCUT2D eigenvalue weighted by molar-refractivity contribution is 9.10. The summed E-state index contributed by atoms with van der Waals surface area (Å²) in [4.78, 5) is 25.6. The first kappa shape index (κ1) is 20.1. The summed E-state index contributed by atoms with van der Waals surface area (Å²) in [7, 11) is 0. The summed E-state index contributed by atoms with van der Waals surface area (Å²) >= 11 is 9.31. The number of hydrogen-bond acceptors (Lipinski definition) is 5. The van der Waals surface area contributed by atoms with Gasteiger partial charge in [0.15, 0.2) is 0 Å². The van der Waals surface area contributed by atoms with Crippen LogP contribution in [0.25, 0.3) is 10.9 Å². The maximum absolute atomic E-state index is 12.8. The van der Waals surface area contributed by atoms with Gasteiger partial charge < -0.3 is 9.64 Å². The van der Waals surface area contributed by atoms with Gasteiger partial charge in [0, 0.05) is 53.8 Å². The minimum absolute atomic E-state index is 0.119. The van der Waals surface area contributed by atoms with Crippen LogP contribution in [0.15, 0.2) is 53.1 Å². The number of amides is 1. The molecule has 2 aromatic carbocycles. The number of halogens is 2. The molecule has 3 aromatic rings. The van der Waals surface area contributed by atoms with Crippen LogP contribution >= 0.6 is 27.5 Å². The minimum atomic E-state index is -0.119. The Bertz CT molecular complexity index is 1010. The van der Waals surface area contributed by atoms with E-state index >= 15 is 0 Å². The topological polar surface area (TPSA) is 58.6 Å². The summed E-state index contributed by atoms with van der Waals surface area (Å²) in [6.45, 7) is 4.32. The molecule has 1 saturated heterocycles. The van der Waals surface area contributed by atoms with Crippen LogP contribution in [0.3, 0.4) is 0 Å². The molecule has 0 atom stereocenters. The fraction of sp³-hybridized carbons (Fsp3) is 0.286. The van der Waals surface area contributed by atoms with Crippen molar-refractivity contribution in [3.8, 4) is 5.75 Å². The van der Waals surface area contributed by atoms with E-state index in [-0.39, 0.29) is 11.7 Å². The van der Waals surface area contributed by atoms with Gasteiger partial charge in [-0.15, -0.1) is 0 Å². The molecule has 8 heteroatoms. The van der Waals surface area contributed by atoms with Crippen molar-refractivity contribution in [2.75, 3.05) is 39.3 Å². The minimum Gasteiger partial charge on any atom is -0.492 e. The first-order chi connectivity index (χ1) is 14.1. The largest absolute Gasteiger partial charge is 0.492 e. The smallest absolute Gasteiger partial charge is 0.291 e. The Morgan fingerprint density at radius 2 is 1.86 bits per heavy atom.